The van der Waals surface area contributed by atoms with Crippen molar-refractivity contribution in [1.29, 1.82) is 0 Å². The quantitative estimate of drug-likeness (QED) is 0.758. The monoisotopic (exact) mass is 397 g/mol. The van der Waals surface area contributed by atoms with Gasteiger partial charge in [0.2, 0.25) is 0 Å². The highest BCUT2D eigenvalue weighted by atomic mass is 32.1. The number of fused-ring (bicyclic) bond motifs is 1. The van der Waals surface area contributed by atoms with E-state index in [4.69, 9.17) is 4.99 Å². The lowest BCUT2D eigenvalue weighted by molar-refractivity contribution is 0.0709. The number of aromatic nitrogens is 1. The third kappa shape index (κ3) is 3.51. The van der Waals surface area contributed by atoms with Crippen LogP contribution in [0.2, 0.25) is 0 Å². The van der Waals surface area contributed by atoms with Crippen LogP contribution in [0.3, 0.4) is 0 Å². The van der Waals surface area contributed by atoms with Crippen molar-refractivity contribution < 1.29 is 4.79 Å². The maximum atomic E-state index is 12.9. The smallest absolute Gasteiger partial charge is 0.264 e. The summed E-state index contributed by atoms with van der Waals surface area (Å²) >= 11 is 1.53. The molecule has 2 aliphatic heterocycles. The fourth-order valence-corrected chi connectivity index (χ4v) is 4.71. The van der Waals surface area contributed by atoms with E-state index in [0.717, 1.165) is 40.6 Å². The summed E-state index contributed by atoms with van der Waals surface area (Å²) in [4.78, 5) is 25.2. The Morgan fingerprint density at radius 3 is 2.68 bits per heavy atom. The van der Waals surface area contributed by atoms with E-state index in [-0.39, 0.29) is 17.0 Å². The summed E-state index contributed by atoms with van der Waals surface area (Å²) in [6, 6.07) is 5.98. The fraction of sp³-hybridized carbons (Fsp3) is 0.476. The Morgan fingerprint density at radius 1 is 1.29 bits per heavy atom. The number of hydrogen-bond acceptors (Lipinski definition) is 5. The van der Waals surface area contributed by atoms with Crippen LogP contribution in [0.4, 0.5) is 11.5 Å². The van der Waals surface area contributed by atoms with Crippen LogP contribution in [0, 0.1) is 6.92 Å². The Hall–Kier alpha value is -2.41. The number of likely N-dealkylation sites (tertiary alicyclic amines) is 1. The summed E-state index contributed by atoms with van der Waals surface area (Å²) < 4.78 is 0. The van der Waals surface area contributed by atoms with Crippen LogP contribution in [0.15, 0.2) is 34.8 Å². The van der Waals surface area contributed by atoms with Crippen LogP contribution < -0.4 is 10.6 Å². The Balaban J connectivity index is 1.60. The predicted molar refractivity (Wildman–Crippen MR) is 116 cm³/mol. The minimum Gasteiger partial charge on any atom is -0.370 e. The van der Waals surface area contributed by atoms with Crippen molar-refractivity contribution >= 4 is 34.6 Å². The van der Waals surface area contributed by atoms with Crippen LogP contribution >= 0.6 is 11.3 Å². The molecule has 1 saturated heterocycles. The van der Waals surface area contributed by atoms with Crippen LogP contribution in [0.25, 0.3) is 0 Å². The molecule has 2 aromatic rings. The molecule has 7 heteroatoms. The number of aryl methyl sites for hydroxylation is 1. The zero-order chi connectivity index (χ0) is 19.9. The number of carbonyl (C=O) groups is 1. The van der Waals surface area contributed by atoms with Crippen LogP contribution in [-0.4, -0.2) is 45.8 Å². The van der Waals surface area contributed by atoms with Gasteiger partial charge in [0.15, 0.2) is 5.82 Å². The van der Waals surface area contributed by atoms with Crippen molar-refractivity contribution in [3.8, 4) is 0 Å². The SMILES string of the molecule is Cc1ccsc1C(=O)N1CCC2(CC1)Nc1cccnc1NC2=NC(C)(C)C. The fourth-order valence-electron chi connectivity index (χ4n) is 3.81. The van der Waals surface area contributed by atoms with Crippen LogP contribution in [0.5, 0.6) is 0 Å². The minimum atomic E-state index is -0.301. The van der Waals surface area contributed by atoms with Gasteiger partial charge in [0.25, 0.3) is 5.91 Å². The van der Waals surface area contributed by atoms with Crippen molar-refractivity contribution in [2.24, 2.45) is 4.99 Å². The maximum absolute atomic E-state index is 12.9. The zero-order valence-electron chi connectivity index (χ0n) is 16.9. The number of aliphatic imine (C=N–C) groups is 1. The van der Waals surface area contributed by atoms with Gasteiger partial charge in [0, 0.05) is 19.3 Å². The standard InChI is InChI=1S/C21H27N5OS/c1-14-7-13-28-16(14)18(27)26-11-8-21(9-12-26)19(25-20(2,3)4)23-17-15(24-21)6-5-10-22-17/h5-7,10,13,24H,8-9,11-12H2,1-4H3,(H,22,23,25). The van der Waals surface area contributed by atoms with E-state index in [1.54, 1.807) is 6.20 Å². The number of anilines is 2. The van der Waals surface area contributed by atoms with E-state index in [1.807, 2.05) is 35.4 Å². The molecule has 1 spiro atoms. The van der Waals surface area contributed by atoms with Crippen molar-refractivity contribution in [3.05, 3.63) is 40.2 Å². The van der Waals surface area contributed by atoms with Crippen molar-refractivity contribution in [2.45, 2.75) is 51.6 Å². The number of nitrogens with one attached hydrogen (secondary N) is 2. The predicted octanol–water partition coefficient (Wildman–Crippen LogP) is 4.16. The van der Waals surface area contributed by atoms with E-state index >= 15 is 0 Å². The van der Waals surface area contributed by atoms with Gasteiger partial charge in [-0.25, -0.2) is 4.98 Å². The lowest BCUT2D eigenvalue weighted by Crippen LogP contribution is -2.59. The summed E-state index contributed by atoms with van der Waals surface area (Å²) in [6.45, 7) is 9.69. The largest absolute Gasteiger partial charge is 0.370 e. The van der Waals surface area contributed by atoms with Gasteiger partial charge >= 0.3 is 0 Å². The molecule has 4 heterocycles. The van der Waals surface area contributed by atoms with Gasteiger partial charge in [-0.15, -0.1) is 11.3 Å². The number of carbonyl (C=O) groups excluding carboxylic acids is 1. The molecule has 1 fully saturated rings. The number of pyridine rings is 1. The lowest BCUT2D eigenvalue weighted by atomic mass is 9.83. The summed E-state index contributed by atoms with van der Waals surface area (Å²) in [5, 5.41) is 9.15. The molecule has 4 rings (SSSR count). The molecular weight excluding hydrogens is 370 g/mol. The Bertz CT molecular complexity index is 919. The van der Waals surface area contributed by atoms with Gasteiger partial charge < -0.3 is 15.5 Å². The maximum Gasteiger partial charge on any atom is 0.264 e. The van der Waals surface area contributed by atoms with Gasteiger partial charge in [-0.3, -0.25) is 9.79 Å². The lowest BCUT2D eigenvalue weighted by Gasteiger charge is -2.46. The molecule has 2 aromatic heterocycles. The first kappa shape index (κ1) is 18.9. The molecule has 0 bridgehead atoms. The Labute approximate surface area is 170 Å². The average Bonchev–Trinajstić information content (AvgIpc) is 3.07. The molecule has 2 N–H and O–H groups in total. The van der Waals surface area contributed by atoms with Crippen LogP contribution in [0.1, 0.15) is 48.8 Å². The first-order valence-corrected chi connectivity index (χ1v) is 10.6. The van der Waals surface area contributed by atoms with Crippen molar-refractivity contribution in [3.63, 3.8) is 0 Å². The summed E-state index contributed by atoms with van der Waals surface area (Å²) in [5.74, 6) is 1.87. The topological polar surface area (TPSA) is 69.6 Å². The second kappa shape index (κ2) is 6.88. The number of thiophene rings is 1. The van der Waals surface area contributed by atoms with Gasteiger partial charge in [-0.1, -0.05) is 0 Å². The molecule has 0 radical (unpaired) electrons. The first-order chi connectivity index (χ1) is 13.3. The molecule has 0 saturated carbocycles. The van der Waals surface area contributed by atoms with Crippen molar-refractivity contribution in [2.75, 3.05) is 23.7 Å². The van der Waals surface area contributed by atoms with Gasteiger partial charge in [0.05, 0.1) is 21.6 Å². The zero-order valence-corrected chi connectivity index (χ0v) is 17.7. The normalized spacial score (nSPS) is 19.9. The molecule has 148 valence electrons. The molecule has 0 aromatic carbocycles. The first-order valence-electron chi connectivity index (χ1n) is 9.71. The summed E-state index contributed by atoms with van der Waals surface area (Å²) in [5.41, 5.74) is 1.54. The highest BCUT2D eigenvalue weighted by Crippen LogP contribution is 2.37. The number of piperidine rings is 1. The highest BCUT2D eigenvalue weighted by molar-refractivity contribution is 7.12. The van der Waals surface area contributed by atoms with Crippen molar-refractivity contribution in [1.82, 2.24) is 9.88 Å². The highest BCUT2D eigenvalue weighted by Gasteiger charge is 2.44. The molecule has 0 atom stereocenters. The third-order valence-corrected chi connectivity index (χ3v) is 6.28. The molecule has 2 aliphatic rings. The minimum absolute atomic E-state index is 0.141. The van der Waals surface area contributed by atoms with E-state index in [2.05, 4.69) is 36.4 Å². The second-order valence-corrected chi connectivity index (χ2v) is 9.50. The number of nitrogens with zero attached hydrogens (tertiary/aromatic N) is 3. The number of rotatable bonds is 1. The summed E-state index contributed by atoms with van der Waals surface area (Å²) in [6.07, 6.45) is 3.39. The molecule has 1 amide bonds. The average molecular weight is 398 g/mol. The Kier molecular flexibility index (Phi) is 4.65. The molecule has 0 unspecified atom stereocenters. The van der Waals surface area contributed by atoms with E-state index in [0.29, 0.717) is 13.1 Å². The molecular formula is C21H27N5OS. The number of hydrogen-bond donors (Lipinski definition) is 2. The van der Waals surface area contributed by atoms with Crippen LogP contribution in [-0.2, 0) is 0 Å². The molecule has 0 aliphatic carbocycles. The molecule has 6 nitrogen and oxygen atoms in total. The van der Waals surface area contributed by atoms with E-state index < -0.39 is 0 Å². The Morgan fingerprint density at radius 2 is 2.04 bits per heavy atom. The van der Waals surface area contributed by atoms with Gasteiger partial charge in [0.1, 0.15) is 5.84 Å². The van der Waals surface area contributed by atoms with Gasteiger partial charge in [-0.2, -0.15) is 0 Å². The van der Waals surface area contributed by atoms with E-state index in [1.165, 1.54) is 11.3 Å². The number of amidine groups is 1. The summed E-state index contributed by atoms with van der Waals surface area (Å²) in [7, 11) is 0. The van der Waals surface area contributed by atoms with Gasteiger partial charge in [-0.05, 0) is 69.7 Å². The third-order valence-electron chi connectivity index (χ3n) is 5.28. The second-order valence-electron chi connectivity index (χ2n) is 8.59. The van der Waals surface area contributed by atoms with E-state index in [9.17, 15) is 4.79 Å². The number of amides is 1. The molecule has 28 heavy (non-hydrogen) atoms.